The van der Waals surface area contributed by atoms with Crippen molar-refractivity contribution in [2.45, 2.75) is 6.54 Å². The Morgan fingerprint density at radius 1 is 1.56 bits per heavy atom. The molecule has 0 unspecified atom stereocenters. The Kier molecular flexibility index (Phi) is 3.66. The van der Waals surface area contributed by atoms with Crippen LogP contribution in [0.3, 0.4) is 0 Å². The molecule has 0 aliphatic carbocycles. The smallest absolute Gasteiger partial charge is 0.0992 e. The zero-order valence-electron chi connectivity index (χ0n) is 9.60. The summed E-state index contributed by atoms with van der Waals surface area (Å²) in [6, 6.07) is 7.19. The van der Waals surface area contributed by atoms with Crippen LogP contribution in [0.1, 0.15) is 11.1 Å². The van der Waals surface area contributed by atoms with Gasteiger partial charge in [0.05, 0.1) is 28.5 Å². The average molecular weight is 259 g/mol. The van der Waals surface area contributed by atoms with Crippen molar-refractivity contribution in [3.63, 3.8) is 0 Å². The van der Waals surface area contributed by atoms with Gasteiger partial charge in [-0.2, -0.15) is 10.4 Å². The van der Waals surface area contributed by atoms with Crippen LogP contribution in [0.4, 0.5) is 5.69 Å². The normalized spacial score (nSPS) is 9.78. The van der Waals surface area contributed by atoms with Crippen molar-refractivity contribution in [1.82, 2.24) is 9.78 Å². The lowest BCUT2D eigenvalue weighted by Gasteiger charge is -2.06. The second kappa shape index (κ2) is 5.39. The number of hydrogen-bond donors (Lipinski definition) is 1. The predicted octanol–water partition coefficient (Wildman–Crippen LogP) is 3.12. The number of rotatable bonds is 4. The molecule has 0 spiro atoms. The number of halogens is 1. The fraction of sp³-hybridized carbons (Fsp3) is 0.0769. The van der Waals surface area contributed by atoms with E-state index in [0.717, 1.165) is 11.3 Å². The van der Waals surface area contributed by atoms with E-state index in [-0.39, 0.29) is 0 Å². The van der Waals surface area contributed by atoms with Crippen molar-refractivity contribution in [3.05, 3.63) is 53.3 Å². The summed E-state index contributed by atoms with van der Waals surface area (Å²) < 4.78 is 1.64. The van der Waals surface area contributed by atoms with E-state index in [1.807, 2.05) is 12.3 Å². The SMILES string of the molecule is C=Cn1cc(CNc2ccc(C#N)cc2Cl)cn1. The summed E-state index contributed by atoms with van der Waals surface area (Å²) in [6.07, 6.45) is 5.25. The van der Waals surface area contributed by atoms with E-state index < -0.39 is 0 Å². The third kappa shape index (κ3) is 2.70. The fourth-order valence-electron chi connectivity index (χ4n) is 1.49. The molecule has 0 fully saturated rings. The second-order valence-corrected chi connectivity index (χ2v) is 4.08. The molecule has 5 heteroatoms. The largest absolute Gasteiger partial charge is 0.380 e. The van der Waals surface area contributed by atoms with Gasteiger partial charge in [0.25, 0.3) is 0 Å². The Labute approximate surface area is 110 Å². The van der Waals surface area contributed by atoms with Crippen molar-refractivity contribution in [2.24, 2.45) is 0 Å². The lowest BCUT2D eigenvalue weighted by Crippen LogP contribution is -1.99. The maximum Gasteiger partial charge on any atom is 0.0992 e. The van der Waals surface area contributed by atoms with E-state index in [1.165, 1.54) is 0 Å². The monoisotopic (exact) mass is 258 g/mol. The highest BCUT2D eigenvalue weighted by Gasteiger charge is 2.02. The van der Waals surface area contributed by atoms with Crippen LogP contribution in [0.2, 0.25) is 5.02 Å². The van der Waals surface area contributed by atoms with Crippen LogP contribution in [0.5, 0.6) is 0 Å². The standard InChI is InChI=1S/C13H11ClN4/c1-2-18-9-11(8-17-18)7-16-13-4-3-10(6-15)5-12(13)14/h2-5,8-9,16H,1,7H2. The van der Waals surface area contributed by atoms with Crippen LogP contribution >= 0.6 is 11.6 Å². The van der Waals surface area contributed by atoms with Crippen molar-refractivity contribution in [3.8, 4) is 6.07 Å². The molecule has 0 saturated heterocycles. The van der Waals surface area contributed by atoms with Gasteiger partial charge in [-0.3, -0.25) is 0 Å². The van der Waals surface area contributed by atoms with Gasteiger partial charge in [0, 0.05) is 24.5 Å². The highest BCUT2D eigenvalue weighted by Crippen LogP contribution is 2.23. The fourth-order valence-corrected chi connectivity index (χ4v) is 1.74. The molecule has 0 saturated carbocycles. The third-order valence-electron chi connectivity index (χ3n) is 2.42. The van der Waals surface area contributed by atoms with Gasteiger partial charge in [-0.15, -0.1) is 0 Å². The highest BCUT2D eigenvalue weighted by atomic mass is 35.5. The third-order valence-corrected chi connectivity index (χ3v) is 2.74. The molecule has 2 aromatic rings. The van der Waals surface area contributed by atoms with E-state index in [4.69, 9.17) is 16.9 Å². The minimum atomic E-state index is 0.533. The summed E-state index contributed by atoms with van der Waals surface area (Å²) in [6.45, 7) is 4.23. The van der Waals surface area contributed by atoms with E-state index in [2.05, 4.69) is 17.0 Å². The van der Waals surface area contributed by atoms with Crippen LogP contribution in [0, 0.1) is 11.3 Å². The molecule has 90 valence electrons. The van der Waals surface area contributed by atoms with Crippen molar-refractivity contribution in [2.75, 3.05) is 5.32 Å². The summed E-state index contributed by atoms with van der Waals surface area (Å²) in [7, 11) is 0. The molecule has 1 heterocycles. The maximum absolute atomic E-state index is 8.74. The van der Waals surface area contributed by atoms with Crippen LogP contribution in [-0.2, 0) is 6.54 Å². The van der Waals surface area contributed by atoms with Crippen LogP contribution < -0.4 is 5.32 Å². The first-order valence-corrected chi connectivity index (χ1v) is 5.70. The molecule has 0 radical (unpaired) electrons. The highest BCUT2D eigenvalue weighted by molar-refractivity contribution is 6.33. The van der Waals surface area contributed by atoms with Crippen molar-refractivity contribution < 1.29 is 0 Å². The average Bonchev–Trinajstić information content (AvgIpc) is 2.85. The molecule has 18 heavy (non-hydrogen) atoms. The number of hydrogen-bond acceptors (Lipinski definition) is 3. The molecular weight excluding hydrogens is 248 g/mol. The zero-order valence-corrected chi connectivity index (χ0v) is 10.4. The molecule has 0 atom stereocenters. The number of aromatic nitrogens is 2. The summed E-state index contributed by atoms with van der Waals surface area (Å²) in [5.74, 6) is 0. The van der Waals surface area contributed by atoms with E-state index >= 15 is 0 Å². The summed E-state index contributed by atoms with van der Waals surface area (Å²) in [5.41, 5.74) is 2.36. The number of anilines is 1. The van der Waals surface area contributed by atoms with Crippen LogP contribution in [0.25, 0.3) is 6.20 Å². The minimum Gasteiger partial charge on any atom is -0.380 e. The van der Waals surface area contributed by atoms with E-state index in [9.17, 15) is 0 Å². The predicted molar refractivity (Wildman–Crippen MR) is 72.1 cm³/mol. The van der Waals surface area contributed by atoms with Gasteiger partial charge in [-0.05, 0) is 18.2 Å². The Morgan fingerprint density at radius 2 is 2.39 bits per heavy atom. The van der Waals surface area contributed by atoms with E-state index in [1.54, 1.807) is 35.3 Å². The lowest BCUT2D eigenvalue weighted by molar-refractivity contribution is 0.936. The Hall–Kier alpha value is -2.25. The summed E-state index contributed by atoms with van der Waals surface area (Å²) in [4.78, 5) is 0. The van der Waals surface area contributed by atoms with Crippen LogP contribution in [-0.4, -0.2) is 9.78 Å². The van der Waals surface area contributed by atoms with Gasteiger partial charge in [0.15, 0.2) is 0 Å². The Morgan fingerprint density at radius 3 is 3.00 bits per heavy atom. The minimum absolute atomic E-state index is 0.533. The van der Waals surface area contributed by atoms with Crippen LogP contribution in [0.15, 0.2) is 37.2 Å². The molecule has 0 aliphatic heterocycles. The molecule has 0 bridgehead atoms. The molecule has 0 aliphatic rings. The van der Waals surface area contributed by atoms with Crippen molar-refractivity contribution >= 4 is 23.5 Å². The zero-order chi connectivity index (χ0) is 13.0. The molecular formula is C13H11ClN4. The number of nitrogens with zero attached hydrogens (tertiary/aromatic N) is 3. The first-order chi connectivity index (χ1) is 8.72. The number of nitriles is 1. The molecule has 1 aromatic carbocycles. The number of nitrogens with one attached hydrogen (secondary N) is 1. The van der Waals surface area contributed by atoms with Gasteiger partial charge in [0.1, 0.15) is 0 Å². The summed E-state index contributed by atoms with van der Waals surface area (Å²) in [5, 5.41) is 16.5. The first kappa shape index (κ1) is 12.2. The lowest BCUT2D eigenvalue weighted by atomic mass is 10.2. The molecule has 2 rings (SSSR count). The molecule has 0 amide bonds. The Bertz CT molecular complexity index is 610. The maximum atomic E-state index is 8.74. The molecule has 1 aromatic heterocycles. The van der Waals surface area contributed by atoms with Gasteiger partial charge < -0.3 is 5.32 Å². The number of benzene rings is 1. The van der Waals surface area contributed by atoms with Gasteiger partial charge in [0.2, 0.25) is 0 Å². The van der Waals surface area contributed by atoms with Gasteiger partial charge in [-0.25, -0.2) is 4.68 Å². The molecule has 1 N–H and O–H groups in total. The first-order valence-electron chi connectivity index (χ1n) is 5.32. The van der Waals surface area contributed by atoms with E-state index in [0.29, 0.717) is 17.1 Å². The van der Waals surface area contributed by atoms with Crippen molar-refractivity contribution in [1.29, 1.82) is 5.26 Å². The van der Waals surface area contributed by atoms with Gasteiger partial charge in [-0.1, -0.05) is 18.2 Å². The Balaban J connectivity index is 2.06. The molecule has 4 nitrogen and oxygen atoms in total. The van der Waals surface area contributed by atoms with Gasteiger partial charge >= 0.3 is 0 Å². The quantitative estimate of drug-likeness (QED) is 0.917. The topological polar surface area (TPSA) is 53.6 Å². The summed E-state index contributed by atoms with van der Waals surface area (Å²) >= 11 is 6.06. The second-order valence-electron chi connectivity index (χ2n) is 3.67.